The Morgan fingerprint density at radius 3 is 3.05 bits per heavy atom. The molecule has 0 amide bonds. The SMILES string of the molecule is CNCc1n[nH]c(C)c1-c1ccc2oc(=O)[nH]c2c1. The predicted octanol–water partition coefficient (Wildman–Crippen LogP) is 1.54. The molecule has 6 heteroatoms. The van der Waals surface area contributed by atoms with Gasteiger partial charge in [0.25, 0.3) is 0 Å². The summed E-state index contributed by atoms with van der Waals surface area (Å²) in [5.41, 5.74) is 5.25. The Kier molecular flexibility index (Phi) is 2.72. The van der Waals surface area contributed by atoms with Gasteiger partial charge in [0, 0.05) is 17.8 Å². The van der Waals surface area contributed by atoms with E-state index in [0.29, 0.717) is 17.6 Å². The highest BCUT2D eigenvalue weighted by atomic mass is 16.4. The average molecular weight is 258 g/mol. The lowest BCUT2D eigenvalue weighted by Gasteiger charge is -2.03. The Hall–Kier alpha value is -2.34. The number of aromatic amines is 2. The van der Waals surface area contributed by atoms with E-state index in [9.17, 15) is 4.79 Å². The first-order valence-electron chi connectivity index (χ1n) is 6.00. The molecule has 0 spiro atoms. The van der Waals surface area contributed by atoms with Crippen molar-refractivity contribution < 1.29 is 4.42 Å². The Morgan fingerprint density at radius 2 is 2.26 bits per heavy atom. The fourth-order valence-corrected chi connectivity index (χ4v) is 2.27. The predicted molar refractivity (Wildman–Crippen MR) is 71.9 cm³/mol. The van der Waals surface area contributed by atoms with E-state index in [1.165, 1.54) is 0 Å². The topological polar surface area (TPSA) is 86.7 Å². The quantitative estimate of drug-likeness (QED) is 0.665. The highest BCUT2D eigenvalue weighted by molar-refractivity contribution is 5.81. The van der Waals surface area contributed by atoms with Gasteiger partial charge >= 0.3 is 5.76 Å². The number of rotatable bonds is 3. The lowest BCUT2D eigenvalue weighted by Crippen LogP contribution is -2.06. The van der Waals surface area contributed by atoms with E-state index in [0.717, 1.165) is 22.5 Å². The summed E-state index contributed by atoms with van der Waals surface area (Å²) in [6, 6.07) is 5.62. The van der Waals surface area contributed by atoms with Gasteiger partial charge in [0.15, 0.2) is 5.58 Å². The molecule has 98 valence electrons. The van der Waals surface area contributed by atoms with E-state index in [-0.39, 0.29) is 0 Å². The van der Waals surface area contributed by atoms with Gasteiger partial charge in [-0.25, -0.2) is 4.79 Å². The van der Waals surface area contributed by atoms with E-state index < -0.39 is 5.76 Å². The number of benzene rings is 1. The molecule has 0 saturated heterocycles. The molecule has 0 fully saturated rings. The summed E-state index contributed by atoms with van der Waals surface area (Å²) in [7, 11) is 1.88. The minimum absolute atomic E-state index is 0.438. The molecule has 0 aliphatic rings. The highest BCUT2D eigenvalue weighted by Crippen LogP contribution is 2.27. The third kappa shape index (κ3) is 1.96. The van der Waals surface area contributed by atoms with Crippen molar-refractivity contribution in [3.05, 3.63) is 40.1 Å². The molecule has 0 atom stereocenters. The molecule has 0 unspecified atom stereocenters. The van der Waals surface area contributed by atoms with E-state index in [2.05, 4.69) is 20.5 Å². The van der Waals surface area contributed by atoms with Crippen LogP contribution in [0.25, 0.3) is 22.2 Å². The number of hydrogen-bond donors (Lipinski definition) is 3. The van der Waals surface area contributed by atoms with Crippen molar-refractivity contribution in [1.29, 1.82) is 0 Å². The first kappa shape index (κ1) is 11.7. The maximum absolute atomic E-state index is 11.2. The van der Waals surface area contributed by atoms with E-state index in [4.69, 9.17) is 4.42 Å². The Morgan fingerprint density at radius 1 is 1.42 bits per heavy atom. The second-order valence-electron chi connectivity index (χ2n) is 4.43. The third-order valence-electron chi connectivity index (χ3n) is 3.07. The second kappa shape index (κ2) is 4.40. The number of H-pyrrole nitrogens is 2. The third-order valence-corrected chi connectivity index (χ3v) is 3.07. The Bertz CT molecular complexity index is 781. The molecule has 1 aromatic carbocycles. The van der Waals surface area contributed by atoms with Crippen LogP contribution in [0.15, 0.2) is 27.4 Å². The summed E-state index contributed by atoms with van der Waals surface area (Å²) >= 11 is 0. The minimum Gasteiger partial charge on any atom is -0.408 e. The summed E-state index contributed by atoms with van der Waals surface area (Å²) in [5, 5.41) is 10.4. The Balaban J connectivity index is 2.17. The van der Waals surface area contributed by atoms with Crippen molar-refractivity contribution in [1.82, 2.24) is 20.5 Å². The first-order chi connectivity index (χ1) is 9.19. The van der Waals surface area contributed by atoms with Gasteiger partial charge in [-0.1, -0.05) is 6.07 Å². The van der Waals surface area contributed by atoms with Gasteiger partial charge in [0.1, 0.15) is 0 Å². The minimum atomic E-state index is -0.438. The maximum atomic E-state index is 11.2. The standard InChI is InChI=1S/C13H14N4O2/c1-7-12(10(6-14-2)17-16-7)8-3-4-11-9(5-8)15-13(18)19-11/h3-5,14H,6H2,1-2H3,(H,15,18)(H,16,17). The fraction of sp³-hybridized carbons (Fsp3) is 0.231. The van der Waals surface area contributed by atoms with Crippen LogP contribution in [0.2, 0.25) is 0 Å². The number of hydrogen-bond acceptors (Lipinski definition) is 4. The number of fused-ring (bicyclic) bond motifs is 1. The van der Waals surface area contributed by atoms with Crippen molar-refractivity contribution >= 4 is 11.1 Å². The normalized spacial score (nSPS) is 11.3. The van der Waals surface area contributed by atoms with Crippen molar-refractivity contribution in [2.75, 3.05) is 7.05 Å². The van der Waals surface area contributed by atoms with Crippen molar-refractivity contribution in [3.8, 4) is 11.1 Å². The second-order valence-corrected chi connectivity index (χ2v) is 4.43. The van der Waals surface area contributed by atoms with Crippen LogP contribution in [0.4, 0.5) is 0 Å². The molecule has 0 bridgehead atoms. The molecule has 2 aromatic heterocycles. The van der Waals surface area contributed by atoms with Gasteiger partial charge < -0.3 is 9.73 Å². The van der Waals surface area contributed by atoms with Gasteiger partial charge in [0.05, 0.1) is 11.2 Å². The monoisotopic (exact) mass is 258 g/mol. The first-order valence-corrected chi connectivity index (χ1v) is 6.00. The smallest absolute Gasteiger partial charge is 0.408 e. The van der Waals surface area contributed by atoms with E-state index >= 15 is 0 Å². The van der Waals surface area contributed by atoms with E-state index in [1.54, 1.807) is 6.07 Å². The molecular formula is C13H14N4O2. The Labute approximate surface area is 108 Å². The summed E-state index contributed by atoms with van der Waals surface area (Å²) in [4.78, 5) is 13.8. The highest BCUT2D eigenvalue weighted by Gasteiger charge is 2.13. The fourth-order valence-electron chi connectivity index (χ4n) is 2.27. The molecule has 0 aliphatic carbocycles. The van der Waals surface area contributed by atoms with Crippen LogP contribution in [0, 0.1) is 6.92 Å². The molecule has 3 rings (SSSR count). The van der Waals surface area contributed by atoms with Crippen LogP contribution in [-0.2, 0) is 6.54 Å². The zero-order chi connectivity index (χ0) is 13.4. The van der Waals surface area contributed by atoms with Gasteiger partial charge in [-0.2, -0.15) is 5.10 Å². The van der Waals surface area contributed by atoms with Gasteiger partial charge in [-0.3, -0.25) is 10.1 Å². The van der Waals surface area contributed by atoms with E-state index in [1.807, 2.05) is 26.1 Å². The van der Waals surface area contributed by atoms with Gasteiger partial charge in [0.2, 0.25) is 0 Å². The largest absolute Gasteiger partial charge is 0.417 e. The summed E-state index contributed by atoms with van der Waals surface area (Å²) in [6.07, 6.45) is 0. The molecule has 3 N–H and O–H groups in total. The zero-order valence-electron chi connectivity index (χ0n) is 10.7. The summed E-state index contributed by atoms with van der Waals surface area (Å²) < 4.78 is 5.00. The molecule has 6 nitrogen and oxygen atoms in total. The van der Waals surface area contributed by atoms with Crippen LogP contribution in [0.1, 0.15) is 11.4 Å². The molecule has 19 heavy (non-hydrogen) atoms. The van der Waals surface area contributed by atoms with Crippen molar-refractivity contribution in [2.24, 2.45) is 0 Å². The lowest BCUT2D eigenvalue weighted by molar-refractivity contribution is 0.555. The van der Waals surface area contributed by atoms with Gasteiger partial charge in [-0.15, -0.1) is 0 Å². The zero-order valence-corrected chi connectivity index (χ0v) is 10.7. The number of aromatic nitrogens is 3. The number of oxazole rings is 1. The molecular weight excluding hydrogens is 244 g/mol. The van der Waals surface area contributed by atoms with Crippen LogP contribution < -0.4 is 11.1 Å². The summed E-state index contributed by atoms with van der Waals surface area (Å²) in [5.74, 6) is -0.438. The van der Waals surface area contributed by atoms with Crippen LogP contribution in [-0.4, -0.2) is 22.2 Å². The molecule has 0 saturated carbocycles. The number of aryl methyl sites for hydroxylation is 1. The van der Waals surface area contributed by atoms with Crippen molar-refractivity contribution in [2.45, 2.75) is 13.5 Å². The maximum Gasteiger partial charge on any atom is 0.417 e. The molecule has 0 aliphatic heterocycles. The van der Waals surface area contributed by atoms with Gasteiger partial charge in [-0.05, 0) is 31.7 Å². The molecule has 3 aromatic rings. The average Bonchev–Trinajstić information content (AvgIpc) is 2.91. The summed E-state index contributed by atoms with van der Waals surface area (Å²) in [6.45, 7) is 2.66. The van der Waals surface area contributed by atoms with Crippen LogP contribution in [0.3, 0.4) is 0 Å². The van der Waals surface area contributed by atoms with Crippen LogP contribution >= 0.6 is 0 Å². The van der Waals surface area contributed by atoms with Crippen LogP contribution in [0.5, 0.6) is 0 Å². The lowest BCUT2D eigenvalue weighted by atomic mass is 10.0. The number of nitrogens with one attached hydrogen (secondary N) is 3. The molecule has 2 heterocycles. The van der Waals surface area contributed by atoms with Crippen molar-refractivity contribution in [3.63, 3.8) is 0 Å². The molecule has 0 radical (unpaired) electrons. The number of nitrogens with zero attached hydrogens (tertiary/aromatic N) is 1.